The molecule has 1 atom stereocenters. The summed E-state index contributed by atoms with van der Waals surface area (Å²) in [7, 11) is 0. The maximum Gasteiger partial charge on any atom is 0.443 e. The van der Waals surface area contributed by atoms with Gasteiger partial charge in [-0.05, 0) is 6.42 Å². The van der Waals surface area contributed by atoms with Crippen LogP contribution in [0.15, 0.2) is 0 Å². The van der Waals surface area contributed by atoms with Gasteiger partial charge in [-0.25, -0.2) is 4.79 Å². The van der Waals surface area contributed by atoms with Crippen LogP contribution in [0.4, 0.5) is 0 Å². The molecule has 7 heteroatoms. The molecule has 1 unspecified atom stereocenters. The molecule has 1 amide bonds. The Morgan fingerprint density at radius 2 is 2.25 bits per heavy atom. The first-order valence-corrected chi connectivity index (χ1v) is 4.78. The number of carboxylic acid groups (broad SMARTS) is 1. The molecule has 0 aromatic heterocycles. The van der Waals surface area contributed by atoms with Crippen molar-refractivity contribution in [3.63, 3.8) is 0 Å². The van der Waals surface area contributed by atoms with Gasteiger partial charge in [0.05, 0.1) is 12.5 Å². The van der Waals surface area contributed by atoms with E-state index in [4.69, 9.17) is 10.6 Å². The Kier molecular flexibility index (Phi) is 3.52. The predicted octanol–water partition coefficient (Wildman–Crippen LogP) is -0.821. The van der Waals surface area contributed by atoms with E-state index in [-0.39, 0.29) is 18.4 Å². The van der Waals surface area contributed by atoms with Crippen molar-refractivity contribution in [2.24, 2.45) is 5.92 Å². The molecule has 7 nitrogen and oxygen atoms in total. The number of carboxylic acids is 1. The van der Waals surface area contributed by atoms with Crippen molar-refractivity contribution in [1.29, 1.82) is 0 Å². The first-order chi connectivity index (χ1) is 7.51. The molecule has 0 spiro atoms. The molecule has 0 aromatic rings. The lowest BCUT2D eigenvalue weighted by Crippen LogP contribution is -2.55. The normalized spacial score (nSPS) is 18.7. The van der Waals surface area contributed by atoms with Crippen LogP contribution in [0.5, 0.6) is 0 Å². The van der Waals surface area contributed by atoms with E-state index in [1.165, 1.54) is 4.90 Å². The Hall–Kier alpha value is -2.01. The highest BCUT2D eigenvalue weighted by atomic mass is 16.4. The predicted molar refractivity (Wildman–Crippen MR) is 51.6 cm³/mol. The summed E-state index contributed by atoms with van der Waals surface area (Å²) in [6.45, 7) is 1.96. The van der Waals surface area contributed by atoms with Crippen molar-refractivity contribution < 1.29 is 24.3 Å². The number of β-lactam (4-membered cyclic amide) rings is 1. The summed E-state index contributed by atoms with van der Waals surface area (Å²) in [4.78, 5) is 36.7. The SMILES string of the molecule is CCC1CN(CC(=O)C(=[N+]=[N-])C(=O)O)C1=O. The largest absolute Gasteiger partial charge is 0.472 e. The molecule has 1 saturated heterocycles. The van der Waals surface area contributed by atoms with Gasteiger partial charge in [0.2, 0.25) is 5.91 Å². The molecule has 1 N–H and O–H groups in total. The van der Waals surface area contributed by atoms with Gasteiger partial charge < -0.3 is 15.5 Å². The molecule has 1 rings (SSSR count). The topological polar surface area (TPSA) is 111 Å². The molecule has 86 valence electrons. The number of Topliss-reactive ketones (excluding diaryl/α,β-unsaturated/α-hetero) is 1. The fourth-order valence-corrected chi connectivity index (χ4v) is 1.49. The lowest BCUT2D eigenvalue weighted by Gasteiger charge is -2.36. The summed E-state index contributed by atoms with van der Waals surface area (Å²) in [5, 5.41) is 8.50. The molecule has 1 heterocycles. The summed E-state index contributed by atoms with van der Waals surface area (Å²) in [6, 6.07) is 0. The van der Waals surface area contributed by atoms with Gasteiger partial charge in [0, 0.05) is 6.54 Å². The number of rotatable bonds is 5. The highest BCUT2D eigenvalue weighted by molar-refractivity contribution is 6.62. The van der Waals surface area contributed by atoms with Crippen LogP contribution in [-0.2, 0) is 14.4 Å². The minimum Gasteiger partial charge on any atom is -0.472 e. The molecule has 1 aliphatic rings. The molecule has 0 aliphatic carbocycles. The van der Waals surface area contributed by atoms with Crippen LogP contribution in [0.1, 0.15) is 13.3 Å². The first kappa shape index (κ1) is 12.1. The van der Waals surface area contributed by atoms with Crippen molar-refractivity contribution in [2.45, 2.75) is 13.3 Å². The third kappa shape index (κ3) is 2.14. The van der Waals surface area contributed by atoms with Gasteiger partial charge in [-0.3, -0.25) is 9.59 Å². The number of aliphatic carboxylic acids is 1. The fraction of sp³-hybridized carbons (Fsp3) is 0.556. The van der Waals surface area contributed by atoms with E-state index < -0.39 is 17.5 Å². The van der Waals surface area contributed by atoms with Crippen molar-refractivity contribution >= 4 is 23.4 Å². The van der Waals surface area contributed by atoms with E-state index >= 15 is 0 Å². The lowest BCUT2D eigenvalue weighted by atomic mass is 9.95. The molecule has 1 aliphatic heterocycles. The number of likely N-dealkylation sites (tertiary alicyclic amines) is 1. The highest BCUT2D eigenvalue weighted by Gasteiger charge is 2.39. The van der Waals surface area contributed by atoms with Crippen LogP contribution in [0.25, 0.3) is 5.53 Å². The van der Waals surface area contributed by atoms with E-state index in [9.17, 15) is 14.4 Å². The minimum absolute atomic E-state index is 0.0767. The summed E-state index contributed by atoms with van der Waals surface area (Å²) < 4.78 is 0. The van der Waals surface area contributed by atoms with Gasteiger partial charge in [0.25, 0.3) is 5.78 Å². The van der Waals surface area contributed by atoms with Crippen molar-refractivity contribution in [1.82, 2.24) is 4.90 Å². The fourth-order valence-electron chi connectivity index (χ4n) is 1.49. The quantitative estimate of drug-likeness (QED) is 0.216. The number of carbonyl (C=O) groups excluding carboxylic acids is 2. The van der Waals surface area contributed by atoms with Crippen LogP contribution >= 0.6 is 0 Å². The monoisotopic (exact) mass is 225 g/mol. The molecule has 0 bridgehead atoms. The zero-order valence-corrected chi connectivity index (χ0v) is 8.71. The van der Waals surface area contributed by atoms with Gasteiger partial charge in [-0.1, -0.05) is 6.92 Å². The third-order valence-electron chi connectivity index (χ3n) is 2.50. The number of amides is 1. The first-order valence-electron chi connectivity index (χ1n) is 4.78. The maximum absolute atomic E-state index is 11.3. The van der Waals surface area contributed by atoms with Gasteiger partial charge in [-0.15, -0.1) is 0 Å². The van der Waals surface area contributed by atoms with Crippen molar-refractivity contribution in [3.05, 3.63) is 5.53 Å². The van der Waals surface area contributed by atoms with Gasteiger partial charge in [-0.2, -0.15) is 4.79 Å². The van der Waals surface area contributed by atoms with E-state index in [1.54, 1.807) is 0 Å². The number of nitrogens with zero attached hydrogens (tertiary/aromatic N) is 3. The highest BCUT2D eigenvalue weighted by Crippen LogP contribution is 2.19. The second-order valence-electron chi connectivity index (χ2n) is 3.50. The molecule has 0 saturated carbocycles. The molecule has 0 aromatic carbocycles. The summed E-state index contributed by atoms with van der Waals surface area (Å²) in [6.07, 6.45) is 0.698. The number of carbonyl (C=O) groups is 3. The Bertz CT molecular complexity index is 398. The van der Waals surface area contributed by atoms with Gasteiger partial charge >= 0.3 is 11.7 Å². The average Bonchev–Trinajstić information content (AvgIpc) is 2.23. The van der Waals surface area contributed by atoms with Crippen LogP contribution in [0.3, 0.4) is 0 Å². The van der Waals surface area contributed by atoms with Crippen LogP contribution in [-0.4, -0.2) is 51.3 Å². The van der Waals surface area contributed by atoms with E-state index in [2.05, 4.69) is 4.79 Å². The van der Waals surface area contributed by atoms with E-state index in [0.29, 0.717) is 13.0 Å². The number of hydrogen-bond donors (Lipinski definition) is 1. The van der Waals surface area contributed by atoms with E-state index in [0.717, 1.165) is 0 Å². The number of ketones is 1. The summed E-state index contributed by atoms with van der Waals surface area (Å²) >= 11 is 0. The van der Waals surface area contributed by atoms with Crippen LogP contribution in [0.2, 0.25) is 0 Å². The molecule has 16 heavy (non-hydrogen) atoms. The number of hydrogen-bond acceptors (Lipinski definition) is 3. The van der Waals surface area contributed by atoms with Crippen LogP contribution < -0.4 is 0 Å². The minimum atomic E-state index is -1.60. The summed E-state index contributed by atoms with van der Waals surface area (Å²) in [5.74, 6) is -2.73. The van der Waals surface area contributed by atoms with Crippen LogP contribution in [0, 0.1) is 5.92 Å². The van der Waals surface area contributed by atoms with Gasteiger partial charge in [0.1, 0.15) is 0 Å². The third-order valence-corrected chi connectivity index (χ3v) is 2.50. The second kappa shape index (κ2) is 4.67. The van der Waals surface area contributed by atoms with E-state index in [1.807, 2.05) is 6.92 Å². The Morgan fingerprint density at radius 3 is 2.62 bits per heavy atom. The van der Waals surface area contributed by atoms with Gasteiger partial charge in [0.15, 0.2) is 0 Å². The molecular weight excluding hydrogens is 214 g/mol. The Balaban J connectivity index is 2.58. The Labute approximate surface area is 91.3 Å². The molecule has 0 radical (unpaired) electrons. The second-order valence-corrected chi connectivity index (χ2v) is 3.50. The molecular formula is C9H11N3O4. The lowest BCUT2D eigenvalue weighted by molar-refractivity contribution is -0.150. The zero-order chi connectivity index (χ0) is 12.3. The smallest absolute Gasteiger partial charge is 0.443 e. The molecule has 1 fully saturated rings. The van der Waals surface area contributed by atoms with Crippen molar-refractivity contribution in [3.8, 4) is 0 Å². The zero-order valence-electron chi connectivity index (χ0n) is 8.71. The maximum atomic E-state index is 11.3. The summed E-state index contributed by atoms with van der Waals surface area (Å²) in [5.41, 5.74) is 7.37. The van der Waals surface area contributed by atoms with Crippen molar-refractivity contribution in [2.75, 3.05) is 13.1 Å². The standard InChI is InChI=1S/C9H11N3O4/c1-2-5-3-12(8(5)14)4-6(13)7(11-10)9(15)16/h5H,2-4H2,1H3,(H,15,16). The Morgan fingerprint density at radius 1 is 1.62 bits per heavy atom. The average molecular weight is 225 g/mol.